The summed E-state index contributed by atoms with van der Waals surface area (Å²) >= 11 is 0. The first-order valence-electron chi connectivity index (χ1n) is 11.4. The lowest BCUT2D eigenvalue weighted by molar-refractivity contribution is -0.127. The molecule has 0 fully saturated rings. The van der Waals surface area contributed by atoms with Gasteiger partial charge in [0, 0.05) is 30.4 Å². The van der Waals surface area contributed by atoms with Crippen LogP contribution in [0.1, 0.15) is 5.56 Å². The Bertz CT molecular complexity index is 1320. The number of carbonyl (C=O) groups is 2. The molecule has 4 rings (SSSR count). The van der Waals surface area contributed by atoms with Crippen LogP contribution in [-0.2, 0) is 22.6 Å². The van der Waals surface area contributed by atoms with Gasteiger partial charge in [-0.3, -0.25) is 9.59 Å². The van der Waals surface area contributed by atoms with Gasteiger partial charge in [-0.05, 0) is 35.9 Å². The first kappa shape index (κ1) is 24.5. The minimum atomic E-state index is -0.778. The highest BCUT2D eigenvalue weighted by atomic mass is 16.5. The van der Waals surface area contributed by atoms with Crippen LogP contribution in [0.25, 0.3) is 11.3 Å². The zero-order chi connectivity index (χ0) is 25.5. The van der Waals surface area contributed by atoms with E-state index in [2.05, 4.69) is 15.6 Å². The second kappa shape index (κ2) is 11.2. The Morgan fingerprint density at radius 1 is 1.03 bits per heavy atom. The zero-order valence-corrected chi connectivity index (χ0v) is 20.2. The van der Waals surface area contributed by atoms with Crippen molar-refractivity contribution in [3.8, 4) is 17.0 Å². The Hall–Kier alpha value is -4.66. The Labute approximate surface area is 209 Å². The topological polar surface area (TPSA) is 115 Å². The van der Waals surface area contributed by atoms with Gasteiger partial charge in [-0.2, -0.15) is 0 Å². The van der Waals surface area contributed by atoms with Gasteiger partial charge in [0.25, 0.3) is 0 Å². The smallest absolute Gasteiger partial charge is 0.249 e. The maximum Gasteiger partial charge on any atom is 0.249 e. The third kappa shape index (κ3) is 5.87. The average molecular weight is 485 g/mol. The molecule has 0 aliphatic heterocycles. The summed E-state index contributed by atoms with van der Waals surface area (Å²) in [6.07, 6.45) is 2.00. The van der Waals surface area contributed by atoms with Gasteiger partial charge in [0.1, 0.15) is 24.0 Å². The van der Waals surface area contributed by atoms with Gasteiger partial charge in [0.05, 0.1) is 13.3 Å². The predicted molar refractivity (Wildman–Crippen MR) is 138 cm³/mol. The monoisotopic (exact) mass is 484 g/mol. The van der Waals surface area contributed by atoms with Gasteiger partial charge in [-0.1, -0.05) is 53.7 Å². The van der Waals surface area contributed by atoms with Gasteiger partial charge >= 0.3 is 0 Å². The maximum absolute atomic E-state index is 13.4. The fourth-order valence-corrected chi connectivity index (χ4v) is 3.83. The van der Waals surface area contributed by atoms with Gasteiger partial charge in [0.2, 0.25) is 11.8 Å². The van der Waals surface area contributed by atoms with E-state index in [0.717, 1.165) is 11.1 Å². The molecule has 0 saturated carbocycles. The van der Waals surface area contributed by atoms with E-state index >= 15 is 0 Å². The van der Waals surface area contributed by atoms with Crippen molar-refractivity contribution < 1.29 is 14.3 Å². The summed E-state index contributed by atoms with van der Waals surface area (Å²) in [5, 5.41) is 11.1. The predicted octanol–water partition coefficient (Wildman–Crippen LogP) is 2.93. The standard InChI is InChI=1S/C27H28N6O3/c1-32(20-12-14-21(36-2)15-13-20)27(35)24(16-19-8-4-3-5-9-19)29-26(34)18-33-17-25(30-31-33)22-10-6-7-11-23(22)28/h3-15,17,24H,16,18,28H2,1-2H3,(H,29,34). The SMILES string of the molecule is COc1ccc(N(C)C(=O)C(Cc2ccccc2)NC(=O)Cn2cc(-c3ccccc3N)nn2)cc1. The molecule has 4 aromatic rings. The van der Waals surface area contributed by atoms with Crippen molar-refractivity contribution in [1.82, 2.24) is 20.3 Å². The molecule has 3 N–H and O–H groups in total. The number of benzene rings is 3. The number of rotatable bonds is 9. The van der Waals surface area contributed by atoms with E-state index in [1.54, 1.807) is 50.7 Å². The molecule has 0 aliphatic carbocycles. The number of nitrogens with one attached hydrogen (secondary N) is 1. The van der Waals surface area contributed by atoms with Gasteiger partial charge in [-0.15, -0.1) is 5.10 Å². The van der Waals surface area contributed by atoms with Crippen LogP contribution in [0, 0.1) is 0 Å². The van der Waals surface area contributed by atoms with Crippen LogP contribution in [0.2, 0.25) is 0 Å². The molecule has 9 nitrogen and oxygen atoms in total. The third-order valence-corrected chi connectivity index (χ3v) is 5.79. The van der Waals surface area contributed by atoms with Crippen molar-refractivity contribution in [3.05, 3.63) is 90.6 Å². The van der Waals surface area contributed by atoms with Crippen LogP contribution < -0.4 is 20.7 Å². The number of nitrogens with two attached hydrogens (primary N) is 1. The van der Waals surface area contributed by atoms with Crippen molar-refractivity contribution in [2.45, 2.75) is 19.0 Å². The summed E-state index contributed by atoms with van der Waals surface area (Å²) in [4.78, 5) is 27.9. The van der Waals surface area contributed by atoms with Crippen molar-refractivity contribution in [3.63, 3.8) is 0 Å². The molecule has 3 aromatic carbocycles. The number of methoxy groups -OCH3 is 1. The first-order valence-corrected chi connectivity index (χ1v) is 11.4. The average Bonchev–Trinajstić information content (AvgIpc) is 3.36. The number of nitrogen functional groups attached to an aromatic ring is 1. The molecule has 0 radical (unpaired) electrons. The zero-order valence-electron chi connectivity index (χ0n) is 20.2. The largest absolute Gasteiger partial charge is 0.497 e. The van der Waals surface area contributed by atoms with E-state index in [0.29, 0.717) is 29.2 Å². The molecule has 1 atom stereocenters. The fraction of sp³-hybridized carbons (Fsp3) is 0.185. The van der Waals surface area contributed by atoms with E-state index in [9.17, 15) is 9.59 Å². The molecule has 9 heteroatoms. The molecule has 36 heavy (non-hydrogen) atoms. The van der Waals surface area contributed by atoms with Crippen molar-refractivity contribution in [2.75, 3.05) is 24.8 Å². The Kier molecular flexibility index (Phi) is 7.60. The number of hydrogen-bond acceptors (Lipinski definition) is 6. The number of likely N-dealkylation sites (N-methyl/N-ethyl adjacent to an activating group) is 1. The van der Waals surface area contributed by atoms with Gasteiger partial charge < -0.3 is 20.7 Å². The minimum absolute atomic E-state index is 0.0927. The van der Waals surface area contributed by atoms with Crippen LogP contribution in [0.3, 0.4) is 0 Å². The highest BCUT2D eigenvalue weighted by molar-refractivity contribution is 5.99. The summed E-state index contributed by atoms with van der Waals surface area (Å²) in [5.41, 5.74) is 9.52. The molecule has 1 aromatic heterocycles. The van der Waals surface area contributed by atoms with Crippen LogP contribution in [-0.4, -0.2) is 47.0 Å². The molecule has 0 aliphatic rings. The quantitative estimate of drug-likeness (QED) is 0.353. The number of anilines is 2. The van der Waals surface area contributed by atoms with E-state index in [-0.39, 0.29) is 18.4 Å². The van der Waals surface area contributed by atoms with Crippen LogP contribution >= 0.6 is 0 Å². The van der Waals surface area contributed by atoms with E-state index in [4.69, 9.17) is 10.5 Å². The Balaban J connectivity index is 1.49. The number of nitrogens with zero attached hydrogens (tertiary/aromatic N) is 4. The lowest BCUT2D eigenvalue weighted by atomic mass is 10.0. The molecule has 184 valence electrons. The number of amides is 2. The van der Waals surface area contributed by atoms with Crippen LogP contribution in [0.4, 0.5) is 11.4 Å². The lowest BCUT2D eigenvalue weighted by Gasteiger charge is -2.25. The maximum atomic E-state index is 13.4. The summed E-state index contributed by atoms with van der Waals surface area (Å²) in [6.45, 7) is -0.0927. The number of ether oxygens (including phenoxy) is 1. The second-order valence-corrected chi connectivity index (χ2v) is 8.29. The Morgan fingerprint density at radius 2 is 1.72 bits per heavy atom. The fourth-order valence-electron chi connectivity index (χ4n) is 3.83. The minimum Gasteiger partial charge on any atom is -0.497 e. The van der Waals surface area contributed by atoms with E-state index in [1.165, 1.54) is 9.58 Å². The van der Waals surface area contributed by atoms with Crippen molar-refractivity contribution in [1.29, 1.82) is 0 Å². The van der Waals surface area contributed by atoms with Crippen LogP contribution in [0.5, 0.6) is 5.75 Å². The van der Waals surface area contributed by atoms with Crippen molar-refractivity contribution in [2.24, 2.45) is 0 Å². The summed E-state index contributed by atoms with van der Waals surface area (Å²) in [5.74, 6) is 0.0943. The number of para-hydroxylation sites is 1. The molecule has 2 amide bonds. The molecule has 1 heterocycles. The second-order valence-electron chi connectivity index (χ2n) is 8.29. The highest BCUT2D eigenvalue weighted by Crippen LogP contribution is 2.23. The molecule has 0 saturated heterocycles. The summed E-state index contributed by atoms with van der Waals surface area (Å²) < 4.78 is 6.63. The van der Waals surface area contributed by atoms with Gasteiger partial charge in [-0.25, -0.2) is 4.68 Å². The Morgan fingerprint density at radius 3 is 2.42 bits per heavy atom. The lowest BCUT2D eigenvalue weighted by Crippen LogP contribution is -2.49. The van der Waals surface area contributed by atoms with Crippen LogP contribution in [0.15, 0.2) is 85.1 Å². The number of carbonyl (C=O) groups excluding carboxylic acids is 2. The van der Waals surface area contributed by atoms with E-state index in [1.807, 2.05) is 48.5 Å². The number of hydrogen-bond donors (Lipinski definition) is 2. The normalized spacial score (nSPS) is 11.5. The highest BCUT2D eigenvalue weighted by Gasteiger charge is 2.25. The molecular weight excluding hydrogens is 456 g/mol. The van der Waals surface area contributed by atoms with Crippen molar-refractivity contribution >= 4 is 23.2 Å². The molecule has 1 unspecified atom stereocenters. The number of aromatic nitrogens is 3. The molecular formula is C27H28N6O3. The van der Waals surface area contributed by atoms with Gasteiger partial charge in [0.15, 0.2) is 0 Å². The molecule has 0 bridgehead atoms. The summed E-state index contributed by atoms with van der Waals surface area (Å²) in [6, 6.07) is 23.3. The first-order chi connectivity index (χ1) is 17.4. The third-order valence-electron chi connectivity index (χ3n) is 5.79. The molecule has 0 spiro atoms. The summed E-state index contributed by atoms with van der Waals surface area (Å²) in [7, 11) is 3.27. The van der Waals surface area contributed by atoms with E-state index < -0.39 is 6.04 Å².